The Balaban J connectivity index is 1.67. The van der Waals surface area contributed by atoms with Gasteiger partial charge in [0.2, 0.25) is 11.9 Å². The lowest BCUT2D eigenvalue weighted by molar-refractivity contribution is 0.1000. The Morgan fingerprint density at radius 1 is 1.31 bits per heavy atom. The molecule has 1 unspecified atom stereocenters. The molecule has 2 aromatic heterocycles. The van der Waals surface area contributed by atoms with Gasteiger partial charge in [-0.3, -0.25) is 4.79 Å². The fraction of sp³-hybridized carbons (Fsp3) is 0.474. The van der Waals surface area contributed by atoms with Crippen LogP contribution < -0.4 is 15.5 Å². The van der Waals surface area contributed by atoms with Crippen molar-refractivity contribution < 1.29 is 4.79 Å². The molecular weight excluding hydrogens is 328 g/mol. The van der Waals surface area contributed by atoms with E-state index in [4.69, 9.17) is 10.7 Å². The van der Waals surface area contributed by atoms with Gasteiger partial charge in [-0.2, -0.15) is 0 Å². The largest absolute Gasteiger partial charge is 0.366 e. The normalized spacial score (nSPS) is 21.7. The van der Waals surface area contributed by atoms with Gasteiger partial charge in [-0.05, 0) is 43.4 Å². The van der Waals surface area contributed by atoms with Crippen molar-refractivity contribution in [1.82, 2.24) is 15.0 Å². The molecule has 1 aliphatic carbocycles. The molecule has 4 rings (SSSR count). The first-order valence-electron chi connectivity index (χ1n) is 9.03. The Kier molecular flexibility index (Phi) is 4.01. The molecule has 136 valence electrons. The number of primary amides is 1. The highest BCUT2D eigenvalue weighted by Gasteiger charge is 2.44. The van der Waals surface area contributed by atoms with Crippen LogP contribution in [0.3, 0.4) is 0 Å². The third-order valence-electron chi connectivity index (χ3n) is 5.56. The summed E-state index contributed by atoms with van der Waals surface area (Å²) >= 11 is 0. The van der Waals surface area contributed by atoms with Crippen molar-refractivity contribution in [2.45, 2.75) is 31.1 Å². The lowest BCUT2D eigenvalue weighted by atomic mass is 9.77. The number of hydrogen-bond acceptors (Lipinski definition) is 6. The smallest absolute Gasteiger partial charge is 0.248 e. The highest BCUT2D eigenvalue weighted by molar-refractivity contribution is 5.93. The van der Waals surface area contributed by atoms with Gasteiger partial charge in [0.15, 0.2) is 0 Å². The zero-order valence-electron chi connectivity index (χ0n) is 15.3. The van der Waals surface area contributed by atoms with E-state index in [-0.39, 0.29) is 5.41 Å². The molecule has 0 saturated carbocycles. The standard InChI is InChI=1S/C19H24N6O/c1-24(2)18-22-11-14-4-7-19(16(14)23-18)6-3-9-25(12-19)15-10-13(17(20)26)5-8-21-15/h5,8,10-11H,3-4,6-7,9,12H2,1-2H3,(H2,20,26). The Bertz CT molecular complexity index is 848. The monoisotopic (exact) mass is 352 g/mol. The first-order valence-corrected chi connectivity index (χ1v) is 9.03. The van der Waals surface area contributed by atoms with Crippen LogP contribution in [-0.2, 0) is 11.8 Å². The molecule has 1 spiro atoms. The third kappa shape index (κ3) is 2.77. The second kappa shape index (κ2) is 6.23. The van der Waals surface area contributed by atoms with Gasteiger partial charge in [0.25, 0.3) is 0 Å². The molecule has 7 heteroatoms. The minimum Gasteiger partial charge on any atom is -0.366 e. The zero-order chi connectivity index (χ0) is 18.3. The zero-order valence-corrected chi connectivity index (χ0v) is 15.3. The average Bonchev–Trinajstić information content (AvgIpc) is 2.99. The predicted octanol–water partition coefficient (Wildman–Crippen LogP) is 1.52. The van der Waals surface area contributed by atoms with E-state index in [2.05, 4.69) is 14.9 Å². The number of anilines is 2. The molecule has 26 heavy (non-hydrogen) atoms. The van der Waals surface area contributed by atoms with Crippen LogP contribution in [0.25, 0.3) is 0 Å². The fourth-order valence-corrected chi connectivity index (χ4v) is 4.22. The number of piperidine rings is 1. The second-order valence-corrected chi connectivity index (χ2v) is 7.51. The number of aryl methyl sites for hydroxylation is 1. The number of nitrogens with zero attached hydrogens (tertiary/aromatic N) is 5. The van der Waals surface area contributed by atoms with E-state index < -0.39 is 5.91 Å². The minimum atomic E-state index is -0.421. The van der Waals surface area contributed by atoms with Crippen molar-refractivity contribution in [3.05, 3.63) is 41.3 Å². The number of carbonyl (C=O) groups is 1. The topological polar surface area (TPSA) is 88.2 Å². The van der Waals surface area contributed by atoms with Crippen LogP contribution in [0.4, 0.5) is 11.8 Å². The number of pyridine rings is 1. The maximum absolute atomic E-state index is 11.5. The fourth-order valence-electron chi connectivity index (χ4n) is 4.22. The molecule has 0 radical (unpaired) electrons. The first-order chi connectivity index (χ1) is 12.5. The van der Waals surface area contributed by atoms with Crippen LogP contribution in [0.15, 0.2) is 24.5 Å². The van der Waals surface area contributed by atoms with E-state index in [1.54, 1.807) is 18.3 Å². The van der Waals surface area contributed by atoms with E-state index in [1.165, 1.54) is 11.3 Å². The quantitative estimate of drug-likeness (QED) is 0.901. The van der Waals surface area contributed by atoms with Crippen molar-refractivity contribution >= 4 is 17.7 Å². The summed E-state index contributed by atoms with van der Waals surface area (Å²) in [6, 6.07) is 3.45. The molecule has 0 aromatic carbocycles. The summed E-state index contributed by atoms with van der Waals surface area (Å²) in [5.41, 5.74) is 8.41. The Labute approximate surface area is 153 Å². The molecular formula is C19H24N6O. The van der Waals surface area contributed by atoms with E-state index in [0.29, 0.717) is 5.56 Å². The Morgan fingerprint density at radius 2 is 2.15 bits per heavy atom. The van der Waals surface area contributed by atoms with E-state index in [1.807, 2.05) is 25.2 Å². The lowest BCUT2D eigenvalue weighted by Crippen LogP contribution is -2.46. The summed E-state index contributed by atoms with van der Waals surface area (Å²) < 4.78 is 0. The van der Waals surface area contributed by atoms with Gasteiger partial charge in [0.05, 0.1) is 5.69 Å². The molecule has 7 nitrogen and oxygen atoms in total. The van der Waals surface area contributed by atoms with Gasteiger partial charge in [-0.1, -0.05) is 0 Å². The SMILES string of the molecule is CN(C)c1ncc2c(n1)C1(CCCN(c3cc(C(N)=O)ccn3)C1)CC2. The number of nitrogens with two attached hydrogens (primary N) is 1. The number of fused-ring (bicyclic) bond motifs is 2. The molecule has 2 N–H and O–H groups in total. The second-order valence-electron chi connectivity index (χ2n) is 7.51. The first kappa shape index (κ1) is 16.8. The number of hydrogen-bond donors (Lipinski definition) is 1. The van der Waals surface area contributed by atoms with Crippen LogP contribution in [0.2, 0.25) is 0 Å². The maximum atomic E-state index is 11.5. The summed E-state index contributed by atoms with van der Waals surface area (Å²) in [7, 11) is 3.94. The van der Waals surface area contributed by atoms with Crippen molar-refractivity contribution in [2.24, 2.45) is 5.73 Å². The molecule has 1 aliphatic heterocycles. The molecule has 1 atom stereocenters. The van der Waals surface area contributed by atoms with Crippen LogP contribution >= 0.6 is 0 Å². The van der Waals surface area contributed by atoms with Gasteiger partial charge in [-0.15, -0.1) is 0 Å². The highest BCUT2D eigenvalue weighted by Crippen LogP contribution is 2.44. The average molecular weight is 352 g/mol. The molecule has 1 amide bonds. The van der Waals surface area contributed by atoms with Gasteiger partial charge in [0.1, 0.15) is 5.82 Å². The highest BCUT2D eigenvalue weighted by atomic mass is 16.1. The molecule has 2 aromatic rings. The third-order valence-corrected chi connectivity index (χ3v) is 5.56. The molecule has 2 aliphatic rings. The molecule has 1 saturated heterocycles. The van der Waals surface area contributed by atoms with Crippen LogP contribution in [0.1, 0.15) is 40.9 Å². The molecule has 3 heterocycles. The number of amides is 1. The molecule has 0 bridgehead atoms. The number of rotatable bonds is 3. The van der Waals surface area contributed by atoms with E-state index in [0.717, 1.165) is 50.5 Å². The van der Waals surface area contributed by atoms with Gasteiger partial charge < -0.3 is 15.5 Å². The van der Waals surface area contributed by atoms with Gasteiger partial charge in [-0.25, -0.2) is 15.0 Å². The van der Waals surface area contributed by atoms with Crippen molar-refractivity contribution in [3.63, 3.8) is 0 Å². The van der Waals surface area contributed by atoms with E-state index >= 15 is 0 Å². The lowest BCUT2D eigenvalue weighted by Gasteiger charge is -2.41. The summed E-state index contributed by atoms with van der Waals surface area (Å²) in [4.78, 5) is 29.6. The maximum Gasteiger partial charge on any atom is 0.248 e. The van der Waals surface area contributed by atoms with Crippen LogP contribution in [-0.4, -0.2) is 48.0 Å². The van der Waals surface area contributed by atoms with Gasteiger partial charge >= 0.3 is 0 Å². The predicted molar refractivity (Wildman–Crippen MR) is 101 cm³/mol. The summed E-state index contributed by atoms with van der Waals surface area (Å²) in [6.45, 7) is 1.79. The number of carbonyl (C=O) groups excluding carboxylic acids is 1. The van der Waals surface area contributed by atoms with Crippen molar-refractivity contribution in [1.29, 1.82) is 0 Å². The Morgan fingerprint density at radius 3 is 2.92 bits per heavy atom. The number of aromatic nitrogens is 3. The molecule has 1 fully saturated rings. The Hall–Kier alpha value is -2.70. The summed E-state index contributed by atoms with van der Waals surface area (Å²) in [6.07, 6.45) is 7.94. The van der Waals surface area contributed by atoms with Gasteiger partial charge in [0, 0.05) is 50.6 Å². The van der Waals surface area contributed by atoms with Crippen molar-refractivity contribution in [2.75, 3.05) is 37.0 Å². The van der Waals surface area contributed by atoms with Crippen molar-refractivity contribution in [3.8, 4) is 0 Å². The van der Waals surface area contributed by atoms with Crippen LogP contribution in [0, 0.1) is 0 Å². The minimum absolute atomic E-state index is 0.0334. The van der Waals surface area contributed by atoms with E-state index in [9.17, 15) is 4.79 Å². The summed E-state index contributed by atoms with van der Waals surface area (Å²) in [5.74, 6) is 1.15. The van der Waals surface area contributed by atoms with Crippen LogP contribution in [0.5, 0.6) is 0 Å². The summed E-state index contributed by atoms with van der Waals surface area (Å²) in [5, 5.41) is 0.